The summed E-state index contributed by atoms with van der Waals surface area (Å²) in [6.45, 7) is 0.430. The molecule has 0 saturated heterocycles. The zero-order valence-electron chi connectivity index (χ0n) is 10.5. The van der Waals surface area contributed by atoms with Crippen molar-refractivity contribution in [2.75, 3.05) is 13.7 Å². The van der Waals surface area contributed by atoms with Gasteiger partial charge in [-0.3, -0.25) is 4.79 Å². The van der Waals surface area contributed by atoms with E-state index in [4.69, 9.17) is 22.7 Å². The summed E-state index contributed by atoms with van der Waals surface area (Å²) in [5.41, 5.74) is 5.37. The van der Waals surface area contributed by atoms with Crippen LogP contribution in [0.5, 0.6) is 0 Å². The Morgan fingerprint density at radius 3 is 2.41 bits per heavy atom. The molecule has 1 aliphatic carbocycles. The van der Waals surface area contributed by atoms with Crippen LogP contribution in [0, 0.1) is 0 Å². The summed E-state index contributed by atoms with van der Waals surface area (Å²) in [5, 5.41) is 3.02. The standard InChI is InChI=1S/C12H22N2O2S/c1-16-9-6-10(15)14-12(11(13)17)7-4-2-3-5-8-12/h2-9H2,1H3,(H2,13,17)(H,14,15). The van der Waals surface area contributed by atoms with Gasteiger partial charge in [0.1, 0.15) is 0 Å². The highest BCUT2D eigenvalue weighted by atomic mass is 32.1. The van der Waals surface area contributed by atoms with Crippen molar-refractivity contribution >= 4 is 23.1 Å². The fourth-order valence-corrected chi connectivity index (χ4v) is 2.54. The second-order valence-electron chi connectivity index (χ2n) is 4.65. The van der Waals surface area contributed by atoms with Gasteiger partial charge in [0.25, 0.3) is 0 Å². The van der Waals surface area contributed by atoms with E-state index in [0.717, 1.165) is 25.7 Å². The van der Waals surface area contributed by atoms with E-state index in [9.17, 15) is 4.79 Å². The molecule has 1 aliphatic rings. The molecule has 1 amide bonds. The van der Waals surface area contributed by atoms with Crippen LogP contribution in [-0.2, 0) is 9.53 Å². The molecule has 4 nitrogen and oxygen atoms in total. The van der Waals surface area contributed by atoms with Crippen LogP contribution in [0.15, 0.2) is 0 Å². The van der Waals surface area contributed by atoms with E-state index < -0.39 is 5.54 Å². The number of hydrogen-bond acceptors (Lipinski definition) is 3. The van der Waals surface area contributed by atoms with Gasteiger partial charge in [-0.2, -0.15) is 0 Å². The number of nitrogens with two attached hydrogens (primary N) is 1. The number of carbonyl (C=O) groups excluding carboxylic acids is 1. The van der Waals surface area contributed by atoms with E-state index >= 15 is 0 Å². The molecule has 98 valence electrons. The average molecular weight is 258 g/mol. The smallest absolute Gasteiger partial charge is 0.223 e. The van der Waals surface area contributed by atoms with Crippen LogP contribution in [-0.4, -0.2) is 30.2 Å². The second-order valence-corrected chi connectivity index (χ2v) is 5.09. The fourth-order valence-electron chi connectivity index (χ4n) is 2.29. The van der Waals surface area contributed by atoms with Crippen molar-refractivity contribution in [1.82, 2.24) is 5.32 Å². The number of carbonyl (C=O) groups is 1. The number of ether oxygens (including phenoxy) is 1. The number of amides is 1. The molecule has 0 atom stereocenters. The summed E-state index contributed by atoms with van der Waals surface area (Å²) in [4.78, 5) is 12.2. The number of hydrogen-bond donors (Lipinski definition) is 2. The zero-order valence-corrected chi connectivity index (χ0v) is 11.3. The van der Waals surface area contributed by atoms with Crippen molar-refractivity contribution < 1.29 is 9.53 Å². The molecule has 17 heavy (non-hydrogen) atoms. The lowest BCUT2D eigenvalue weighted by Crippen LogP contribution is -2.56. The molecule has 0 aliphatic heterocycles. The first kappa shape index (κ1) is 14.4. The van der Waals surface area contributed by atoms with Crippen LogP contribution >= 0.6 is 12.2 Å². The summed E-state index contributed by atoms with van der Waals surface area (Å²) in [6.07, 6.45) is 6.61. The SMILES string of the molecule is COCCC(=O)NC1(C(N)=S)CCCCCC1. The van der Waals surface area contributed by atoms with Gasteiger partial charge in [0.2, 0.25) is 5.91 Å². The summed E-state index contributed by atoms with van der Waals surface area (Å²) >= 11 is 5.15. The maximum atomic E-state index is 11.8. The van der Waals surface area contributed by atoms with E-state index in [1.165, 1.54) is 12.8 Å². The Bertz CT molecular complexity index is 274. The van der Waals surface area contributed by atoms with E-state index in [1.54, 1.807) is 7.11 Å². The summed E-state index contributed by atoms with van der Waals surface area (Å²) in [7, 11) is 1.59. The van der Waals surface area contributed by atoms with Gasteiger partial charge in [-0.05, 0) is 12.8 Å². The molecule has 1 saturated carbocycles. The minimum atomic E-state index is -0.462. The third-order valence-corrected chi connectivity index (χ3v) is 3.73. The van der Waals surface area contributed by atoms with Crippen molar-refractivity contribution in [3.05, 3.63) is 0 Å². The molecule has 1 rings (SSSR count). The predicted molar refractivity (Wildman–Crippen MR) is 71.9 cm³/mol. The molecule has 1 fully saturated rings. The molecule has 5 heteroatoms. The number of rotatable bonds is 5. The van der Waals surface area contributed by atoms with Crippen molar-refractivity contribution in [2.45, 2.75) is 50.5 Å². The lowest BCUT2D eigenvalue weighted by molar-refractivity contribution is -0.123. The molecule has 0 aromatic heterocycles. The Morgan fingerprint density at radius 2 is 1.94 bits per heavy atom. The molecule has 0 unspecified atom stereocenters. The Balaban J connectivity index is 2.63. The normalized spacial score (nSPS) is 19.4. The number of thiocarbonyl (C=S) groups is 1. The fraction of sp³-hybridized carbons (Fsp3) is 0.833. The van der Waals surface area contributed by atoms with Gasteiger partial charge in [-0.25, -0.2) is 0 Å². The van der Waals surface area contributed by atoms with Gasteiger partial charge in [0, 0.05) is 13.5 Å². The van der Waals surface area contributed by atoms with Crippen LogP contribution in [0.3, 0.4) is 0 Å². The van der Waals surface area contributed by atoms with E-state index in [2.05, 4.69) is 5.32 Å². The molecule has 3 N–H and O–H groups in total. The lowest BCUT2D eigenvalue weighted by Gasteiger charge is -2.32. The van der Waals surface area contributed by atoms with Gasteiger partial charge < -0.3 is 15.8 Å². The van der Waals surface area contributed by atoms with Gasteiger partial charge in [0.15, 0.2) is 0 Å². The van der Waals surface area contributed by atoms with Gasteiger partial charge in [-0.1, -0.05) is 37.9 Å². The van der Waals surface area contributed by atoms with Crippen molar-refractivity contribution in [1.29, 1.82) is 0 Å². The third-order valence-electron chi connectivity index (χ3n) is 3.34. The largest absolute Gasteiger partial charge is 0.391 e. The highest BCUT2D eigenvalue weighted by molar-refractivity contribution is 7.80. The van der Waals surface area contributed by atoms with Gasteiger partial charge in [0.05, 0.1) is 17.1 Å². The minimum absolute atomic E-state index is 0.0263. The van der Waals surface area contributed by atoms with Crippen molar-refractivity contribution in [2.24, 2.45) is 5.73 Å². The quantitative estimate of drug-likeness (QED) is 0.579. The monoisotopic (exact) mass is 258 g/mol. The Morgan fingerprint density at radius 1 is 1.35 bits per heavy atom. The van der Waals surface area contributed by atoms with Crippen LogP contribution in [0.4, 0.5) is 0 Å². The van der Waals surface area contributed by atoms with E-state index in [-0.39, 0.29) is 5.91 Å². The third kappa shape index (κ3) is 4.24. The Kier molecular flexibility index (Phi) is 5.85. The zero-order chi connectivity index (χ0) is 12.7. The first-order chi connectivity index (χ1) is 8.10. The van der Waals surface area contributed by atoms with Gasteiger partial charge in [-0.15, -0.1) is 0 Å². The number of nitrogens with one attached hydrogen (secondary N) is 1. The van der Waals surface area contributed by atoms with E-state index in [1.807, 2.05) is 0 Å². The lowest BCUT2D eigenvalue weighted by atomic mass is 9.90. The van der Waals surface area contributed by atoms with Crippen LogP contribution in [0.1, 0.15) is 44.9 Å². The average Bonchev–Trinajstić information content (AvgIpc) is 2.53. The summed E-state index contributed by atoms with van der Waals surface area (Å²) < 4.78 is 4.89. The minimum Gasteiger partial charge on any atom is -0.391 e. The molecule has 0 spiro atoms. The van der Waals surface area contributed by atoms with Crippen LogP contribution in [0.25, 0.3) is 0 Å². The summed E-state index contributed by atoms with van der Waals surface area (Å²) in [6, 6.07) is 0. The Hall–Kier alpha value is -0.680. The van der Waals surface area contributed by atoms with E-state index in [0.29, 0.717) is 18.0 Å². The maximum absolute atomic E-state index is 11.8. The predicted octanol–water partition coefficient (Wildman–Crippen LogP) is 1.52. The second kappa shape index (κ2) is 6.91. The Labute approximate surface area is 108 Å². The van der Waals surface area contributed by atoms with Crippen molar-refractivity contribution in [3.63, 3.8) is 0 Å². The summed E-state index contributed by atoms with van der Waals surface area (Å²) in [5.74, 6) is -0.0263. The topological polar surface area (TPSA) is 64.3 Å². The molecule has 0 heterocycles. The molecular weight excluding hydrogens is 236 g/mol. The van der Waals surface area contributed by atoms with Crippen LogP contribution < -0.4 is 11.1 Å². The first-order valence-electron chi connectivity index (χ1n) is 6.20. The first-order valence-corrected chi connectivity index (χ1v) is 6.61. The van der Waals surface area contributed by atoms with Crippen LogP contribution in [0.2, 0.25) is 0 Å². The maximum Gasteiger partial charge on any atom is 0.223 e. The molecule has 0 aromatic carbocycles. The number of methoxy groups -OCH3 is 1. The highest BCUT2D eigenvalue weighted by Crippen LogP contribution is 2.27. The molecule has 0 radical (unpaired) electrons. The van der Waals surface area contributed by atoms with Crippen molar-refractivity contribution in [3.8, 4) is 0 Å². The van der Waals surface area contributed by atoms with Gasteiger partial charge >= 0.3 is 0 Å². The molecule has 0 bridgehead atoms. The molecule has 0 aromatic rings. The highest BCUT2D eigenvalue weighted by Gasteiger charge is 2.35. The molecular formula is C12H22N2O2S.